The van der Waals surface area contributed by atoms with Crippen LogP contribution in [-0.4, -0.2) is 22.7 Å². The van der Waals surface area contributed by atoms with Crippen molar-refractivity contribution >= 4 is 17.7 Å². The Hall–Kier alpha value is -1.03. The number of carbonyl (C=O) groups excluding carboxylic acids is 1. The normalized spacial score (nSPS) is 13.2. The molecule has 1 heterocycles. The van der Waals surface area contributed by atoms with E-state index in [4.69, 9.17) is 0 Å². The van der Waals surface area contributed by atoms with Gasteiger partial charge in [-0.15, -0.1) is 11.8 Å². The minimum atomic E-state index is -0.0574. The summed E-state index contributed by atoms with van der Waals surface area (Å²) in [6.07, 6.45) is 1.64. The molecule has 0 aliphatic rings. The van der Waals surface area contributed by atoms with Crippen molar-refractivity contribution in [2.45, 2.75) is 45.7 Å². The zero-order valence-corrected chi connectivity index (χ0v) is 12.6. The zero-order chi connectivity index (χ0) is 13.8. The van der Waals surface area contributed by atoms with Gasteiger partial charge in [-0.2, -0.15) is 0 Å². The first-order chi connectivity index (χ1) is 8.34. The molecule has 1 rings (SSSR count). The lowest BCUT2D eigenvalue weighted by molar-refractivity contribution is 0.0909. The Kier molecular flexibility index (Phi) is 5.20. The molecule has 0 aliphatic heterocycles. The Labute approximate surface area is 114 Å². The summed E-state index contributed by atoms with van der Waals surface area (Å²) in [4.78, 5) is 16.3. The van der Waals surface area contributed by atoms with Gasteiger partial charge in [0.15, 0.2) is 0 Å². The molecule has 0 saturated carbocycles. The number of hydrogen-bond acceptors (Lipinski definition) is 3. The number of carbonyl (C=O) groups is 1. The predicted molar refractivity (Wildman–Crippen MR) is 77.0 cm³/mol. The van der Waals surface area contributed by atoms with Crippen LogP contribution >= 0.6 is 11.8 Å². The van der Waals surface area contributed by atoms with Gasteiger partial charge in [-0.05, 0) is 30.2 Å². The van der Waals surface area contributed by atoms with Gasteiger partial charge in [0.25, 0.3) is 5.91 Å². The maximum atomic E-state index is 12.0. The van der Waals surface area contributed by atoms with Gasteiger partial charge in [-0.25, -0.2) is 4.98 Å². The Morgan fingerprint density at radius 2 is 2.11 bits per heavy atom. The van der Waals surface area contributed by atoms with Gasteiger partial charge in [0.2, 0.25) is 0 Å². The number of nitrogens with one attached hydrogen (secondary N) is 1. The van der Waals surface area contributed by atoms with Gasteiger partial charge in [-0.1, -0.05) is 27.7 Å². The first-order valence-electron chi connectivity index (χ1n) is 6.24. The van der Waals surface area contributed by atoms with Crippen LogP contribution in [0.4, 0.5) is 0 Å². The van der Waals surface area contributed by atoms with Crippen molar-refractivity contribution in [3.05, 3.63) is 23.9 Å². The summed E-state index contributed by atoms with van der Waals surface area (Å²) in [5.41, 5.74) is 0.674. The van der Waals surface area contributed by atoms with E-state index in [0.29, 0.717) is 5.56 Å². The Bertz CT molecular complexity index is 395. The van der Waals surface area contributed by atoms with Crippen molar-refractivity contribution in [2.24, 2.45) is 5.41 Å². The van der Waals surface area contributed by atoms with Gasteiger partial charge < -0.3 is 5.32 Å². The van der Waals surface area contributed by atoms with E-state index in [2.05, 4.69) is 38.0 Å². The molecule has 1 aromatic heterocycles. The Balaban J connectivity index is 2.67. The van der Waals surface area contributed by atoms with Crippen LogP contribution < -0.4 is 5.32 Å². The molecule has 0 fully saturated rings. The highest BCUT2D eigenvalue weighted by atomic mass is 32.2. The first-order valence-corrected chi connectivity index (χ1v) is 7.23. The summed E-state index contributed by atoms with van der Waals surface area (Å²) >= 11 is 1.67. The van der Waals surface area contributed by atoms with Crippen molar-refractivity contribution in [3.63, 3.8) is 0 Å². The van der Waals surface area contributed by atoms with Crippen molar-refractivity contribution in [1.82, 2.24) is 10.3 Å². The van der Waals surface area contributed by atoms with Crippen molar-refractivity contribution in [3.8, 4) is 0 Å². The van der Waals surface area contributed by atoms with Crippen LogP contribution in [0.1, 0.15) is 45.0 Å². The summed E-state index contributed by atoms with van der Waals surface area (Å²) in [6, 6.07) is 3.84. The van der Waals surface area contributed by atoms with E-state index in [1.807, 2.05) is 19.1 Å². The Morgan fingerprint density at radius 1 is 1.44 bits per heavy atom. The maximum Gasteiger partial charge on any atom is 0.253 e. The third-order valence-electron chi connectivity index (χ3n) is 2.94. The maximum absolute atomic E-state index is 12.0. The molecule has 0 bridgehead atoms. The van der Waals surface area contributed by atoms with Gasteiger partial charge >= 0.3 is 0 Å². The van der Waals surface area contributed by atoms with Crippen LogP contribution in [-0.2, 0) is 0 Å². The summed E-state index contributed by atoms with van der Waals surface area (Å²) in [6.45, 7) is 10.4. The van der Waals surface area contributed by atoms with E-state index in [1.54, 1.807) is 18.0 Å². The highest BCUT2D eigenvalue weighted by molar-refractivity contribution is 7.99. The summed E-state index contributed by atoms with van der Waals surface area (Å²) < 4.78 is 0. The molecular weight excluding hydrogens is 244 g/mol. The fourth-order valence-electron chi connectivity index (χ4n) is 1.24. The van der Waals surface area contributed by atoms with Crippen LogP contribution in [0.25, 0.3) is 0 Å². The average Bonchev–Trinajstić information content (AvgIpc) is 2.29. The molecule has 1 aromatic rings. The monoisotopic (exact) mass is 266 g/mol. The Morgan fingerprint density at radius 3 is 2.56 bits per heavy atom. The number of aromatic nitrogens is 1. The fourth-order valence-corrected chi connectivity index (χ4v) is 1.83. The predicted octanol–water partition coefficient (Wildman–Crippen LogP) is 3.36. The third kappa shape index (κ3) is 4.33. The number of thioether (sulfide) groups is 1. The molecule has 0 aromatic carbocycles. The van der Waals surface area contributed by atoms with Crippen molar-refractivity contribution < 1.29 is 4.79 Å². The minimum Gasteiger partial charge on any atom is -0.349 e. The molecule has 100 valence electrons. The van der Waals surface area contributed by atoms with E-state index >= 15 is 0 Å². The van der Waals surface area contributed by atoms with E-state index < -0.39 is 0 Å². The van der Waals surface area contributed by atoms with Crippen LogP contribution in [0.2, 0.25) is 0 Å². The second-order valence-electron chi connectivity index (χ2n) is 5.38. The molecular formula is C14H22N2OS. The topological polar surface area (TPSA) is 42.0 Å². The van der Waals surface area contributed by atoms with Crippen LogP contribution in [0.5, 0.6) is 0 Å². The van der Waals surface area contributed by atoms with Crippen LogP contribution in [0.3, 0.4) is 0 Å². The van der Waals surface area contributed by atoms with E-state index in [0.717, 1.165) is 10.8 Å². The van der Waals surface area contributed by atoms with Crippen molar-refractivity contribution in [1.29, 1.82) is 0 Å². The smallest absolute Gasteiger partial charge is 0.253 e. The largest absolute Gasteiger partial charge is 0.349 e. The molecule has 1 atom stereocenters. The number of pyridine rings is 1. The molecule has 1 amide bonds. The molecule has 0 aliphatic carbocycles. The lowest BCUT2D eigenvalue weighted by atomic mass is 9.88. The molecule has 0 unspecified atom stereocenters. The van der Waals surface area contributed by atoms with Crippen LogP contribution in [0, 0.1) is 5.41 Å². The first kappa shape index (κ1) is 15.0. The van der Waals surface area contributed by atoms with Gasteiger partial charge in [-0.3, -0.25) is 4.79 Å². The molecule has 0 spiro atoms. The quantitative estimate of drug-likeness (QED) is 0.850. The zero-order valence-electron chi connectivity index (χ0n) is 11.8. The minimum absolute atomic E-state index is 0.0566. The lowest BCUT2D eigenvalue weighted by Gasteiger charge is -2.28. The molecule has 3 nitrogen and oxygen atoms in total. The summed E-state index contributed by atoms with van der Waals surface area (Å²) in [7, 11) is 0. The standard InChI is InChI=1S/C14H22N2OS/c1-6-18-12-8-7-11(9-15-12)13(17)16-10(2)14(3,4)5/h7-10H,6H2,1-5H3,(H,16,17)/t10-/m0/s1. The summed E-state index contributed by atoms with van der Waals surface area (Å²) in [5, 5.41) is 3.96. The molecule has 18 heavy (non-hydrogen) atoms. The number of nitrogens with zero attached hydrogens (tertiary/aromatic N) is 1. The second kappa shape index (κ2) is 6.23. The number of rotatable bonds is 4. The SMILES string of the molecule is CCSc1ccc(C(=O)N[C@@H](C)C(C)(C)C)cn1. The average molecular weight is 266 g/mol. The highest BCUT2D eigenvalue weighted by Crippen LogP contribution is 2.19. The van der Waals surface area contributed by atoms with E-state index in [9.17, 15) is 4.79 Å². The van der Waals surface area contributed by atoms with Crippen LogP contribution in [0.15, 0.2) is 23.4 Å². The highest BCUT2D eigenvalue weighted by Gasteiger charge is 2.22. The van der Waals surface area contributed by atoms with Gasteiger partial charge in [0, 0.05) is 12.2 Å². The lowest BCUT2D eigenvalue weighted by Crippen LogP contribution is -2.41. The van der Waals surface area contributed by atoms with Crippen molar-refractivity contribution in [2.75, 3.05) is 5.75 Å². The molecule has 4 heteroatoms. The summed E-state index contributed by atoms with van der Waals surface area (Å²) in [5.74, 6) is 0.928. The second-order valence-corrected chi connectivity index (χ2v) is 6.66. The third-order valence-corrected chi connectivity index (χ3v) is 3.76. The van der Waals surface area contributed by atoms with Gasteiger partial charge in [0.1, 0.15) is 0 Å². The number of amides is 1. The number of hydrogen-bond donors (Lipinski definition) is 1. The molecule has 0 radical (unpaired) electrons. The molecule has 0 saturated heterocycles. The molecule has 1 N–H and O–H groups in total. The van der Waals surface area contributed by atoms with E-state index in [-0.39, 0.29) is 17.4 Å². The van der Waals surface area contributed by atoms with E-state index in [1.165, 1.54) is 0 Å². The van der Waals surface area contributed by atoms with Gasteiger partial charge in [0.05, 0.1) is 10.6 Å². The fraction of sp³-hybridized carbons (Fsp3) is 0.571.